The van der Waals surface area contributed by atoms with Crippen molar-refractivity contribution in [3.05, 3.63) is 0 Å². The van der Waals surface area contributed by atoms with E-state index in [0.717, 1.165) is 18.8 Å². The Morgan fingerprint density at radius 2 is 1.86 bits per heavy atom. The first kappa shape index (κ1) is 5.32. The summed E-state index contributed by atoms with van der Waals surface area (Å²) < 4.78 is 5.16. The summed E-state index contributed by atoms with van der Waals surface area (Å²) >= 11 is 0. The van der Waals surface area contributed by atoms with E-state index in [1.807, 2.05) is 0 Å². The van der Waals surface area contributed by atoms with Crippen molar-refractivity contribution in [2.75, 3.05) is 13.2 Å². The summed E-state index contributed by atoms with van der Waals surface area (Å²) in [5.41, 5.74) is 1.05. The van der Waals surface area contributed by atoms with Crippen LogP contribution >= 0.6 is 0 Å². The number of hydrogen-bond donors (Lipinski definition) is 0. The normalized spacial score (nSPS) is 25.7. The maximum Gasteiger partial charge on any atom is 0.0465 e. The van der Waals surface area contributed by atoms with Gasteiger partial charge in [0.2, 0.25) is 0 Å². The van der Waals surface area contributed by atoms with Crippen LogP contribution in [-0.2, 0) is 4.74 Å². The van der Waals surface area contributed by atoms with E-state index in [0.29, 0.717) is 0 Å². The van der Waals surface area contributed by atoms with E-state index < -0.39 is 0 Å². The molecule has 1 nitrogen and oxygen atoms in total. The van der Waals surface area contributed by atoms with Gasteiger partial charge in [0.1, 0.15) is 0 Å². The highest BCUT2D eigenvalue weighted by Crippen LogP contribution is 2.15. The van der Waals surface area contributed by atoms with Gasteiger partial charge in [0, 0.05) is 23.5 Å². The lowest BCUT2D eigenvalue weighted by Crippen LogP contribution is -2.10. The van der Waals surface area contributed by atoms with E-state index in [1.54, 1.807) is 0 Å². The number of ether oxygens (including phenoxy) is 1. The molecular formula is C5H12OSi. The van der Waals surface area contributed by atoms with Crippen molar-refractivity contribution < 1.29 is 4.74 Å². The first-order valence-electron chi connectivity index (χ1n) is 2.97. The Morgan fingerprint density at radius 3 is 2.14 bits per heavy atom. The van der Waals surface area contributed by atoms with Gasteiger partial charge in [-0.15, -0.1) is 0 Å². The molecule has 1 heterocycles. The Hall–Kier alpha value is 0.177. The molecule has 0 saturated carbocycles. The van der Waals surface area contributed by atoms with Crippen LogP contribution < -0.4 is 0 Å². The molecule has 2 heteroatoms. The highest BCUT2D eigenvalue weighted by Gasteiger charge is 2.06. The second kappa shape index (κ2) is 2.48. The first-order valence-corrected chi connectivity index (χ1v) is 4.13. The molecule has 0 bridgehead atoms. The maximum absolute atomic E-state index is 5.16. The fourth-order valence-corrected chi connectivity index (χ4v) is 1.29. The summed E-state index contributed by atoms with van der Waals surface area (Å²) in [7, 11) is 1.37. The minimum atomic E-state index is 1.02. The maximum atomic E-state index is 5.16. The molecular weight excluding hydrogens is 104 g/mol. The average molecular weight is 116 g/mol. The summed E-state index contributed by atoms with van der Waals surface area (Å²) in [5.74, 6) is 0. The SMILES string of the molecule is [SiH3]C1CCOCC1. The molecule has 0 N–H and O–H groups in total. The molecule has 1 fully saturated rings. The predicted molar refractivity (Wildman–Crippen MR) is 33.7 cm³/mol. The molecule has 0 radical (unpaired) electrons. The third-order valence-electron chi connectivity index (χ3n) is 1.51. The molecule has 0 unspecified atom stereocenters. The van der Waals surface area contributed by atoms with Gasteiger partial charge < -0.3 is 4.74 Å². The van der Waals surface area contributed by atoms with Crippen LogP contribution in [-0.4, -0.2) is 23.5 Å². The van der Waals surface area contributed by atoms with Gasteiger partial charge >= 0.3 is 0 Å². The molecule has 0 aromatic carbocycles. The summed E-state index contributed by atoms with van der Waals surface area (Å²) in [5, 5.41) is 0. The molecule has 1 rings (SSSR count). The molecule has 1 aliphatic heterocycles. The van der Waals surface area contributed by atoms with Gasteiger partial charge in [-0.2, -0.15) is 0 Å². The highest BCUT2D eigenvalue weighted by molar-refractivity contribution is 6.11. The largest absolute Gasteiger partial charge is 0.381 e. The fourth-order valence-electron chi connectivity index (χ4n) is 0.815. The third-order valence-corrected chi connectivity index (χ3v) is 2.66. The zero-order valence-corrected chi connectivity index (χ0v) is 6.81. The van der Waals surface area contributed by atoms with Crippen LogP contribution in [0.4, 0.5) is 0 Å². The summed E-state index contributed by atoms with van der Waals surface area (Å²) in [4.78, 5) is 0. The molecule has 42 valence electrons. The monoisotopic (exact) mass is 116 g/mol. The van der Waals surface area contributed by atoms with Crippen molar-refractivity contribution in [2.24, 2.45) is 0 Å². The van der Waals surface area contributed by atoms with Gasteiger partial charge in [0.05, 0.1) is 0 Å². The quantitative estimate of drug-likeness (QED) is 0.403. The summed E-state index contributed by atoms with van der Waals surface area (Å²) in [6.45, 7) is 2.04. The highest BCUT2D eigenvalue weighted by atomic mass is 28.1. The zero-order chi connectivity index (χ0) is 5.11. The Labute approximate surface area is 47.5 Å². The van der Waals surface area contributed by atoms with Crippen molar-refractivity contribution in [3.8, 4) is 0 Å². The Bertz CT molecular complexity index is 50.0. The predicted octanol–water partition coefficient (Wildman–Crippen LogP) is -0.0493. The van der Waals surface area contributed by atoms with Gasteiger partial charge in [-0.3, -0.25) is 0 Å². The molecule has 0 amide bonds. The van der Waals surface area contributed by atoms with E-state index in [2.05, 4.69) is 0 Å². The topological polar surface area (TPSA) is 9.23 Å². The molecule has 1 saturated heterocycles. The molecule has 0 spiro atoms. The fraction of sp³-hybridized carbons (Fsp3) is 1.00. The van der Waals surface area contributed by atoms with Crippen molar-refractivity contribution in [2.45, 2.75) is 18.4 Å². The van der Waals surface area contributed by atoms with Gasteiger partial charge in [0.15, 0.2) is 0 Å². The summed E-state index contributed by atoms with van der Waals surface area (Å²) in [6, 6.07) is 0. The molecule has 7 heavy (non-hydrogen) atoms. The Morgan fingerprint density at radius 1 is 1.29 bits per heavy atom. The first-order chi connectivity index (χ1) is 3.39. The van der Waals surface area contributed by atoms with Crippen LogP contribution in [0.5, 0.6) is 0 Å². The van der Waals surface area contributed by atoms with Crippen molar-refractivity contribution >= 4 is 10.2 Å². The zero-order valence-electron chi connectivity index (χ0n) is 4.81. The number of hydrogen-bond acceptors (Lipinski definition) is 1. The Balaban J connectivity index is 2.12. The second-order valence-corrected chi connectivity index (χ2v) is 3.93. The lowest BCUT2D eigenvalue weighted by atomic mass is 10.2. The molecule has 0 atom stereocenters. The molecule has 1 aliphatic rings. The van der Waals surface area contributed by atoms with Crippen LogP contribution in [0.2, 0.25) is 5.54 Å². The van der Waals surface area contributed by atoms with Crippen LogP contribution in [0.3, 0.4) is 0 Å². The van der Waals surface area contributed by atoms with Crippen molar-refractivity contribution in [1.82, 2.24) is 0 Å². The lowest BCUT2D eigenvalue weighted by molar-refractivity contribution is 0.0974. The van der Waals surface area contributed by atoms with E-state index in [1.165, 1.54) is 23.1 Å². The van der Waals surface area contributed by atoms with E-state index in [9.17, 15) is 0 Å². The second-order valence-electron chi connectivity index (χ2n) is 2.29. The average Bonchev–Trinajstić information content (AvgIpc) is 1.69. The van der Waals surface area contributed by atoms with Crippen molar-refractivity contribution in [3.63, 3.8) is 0 Å². The summed E-state index contributed by atoms with van der Waals surface area (Å²) in [6.07, 6.45) is 2.65. The standard InChI is InChI=1S/C5H12OSi/c7-5-1-3-6-4-2-5/h5H,1-4H2,7H3. The molecule has 0 aromatic heterocycles. The lowest BCUT2D eigenvalue weighted by Gasteiger charge is -2.16. The minimum absolute atomic E-state index is 1.02. The third kappa shape index (κ3) is 1.61. The van der Waals surface area contributed by atoms with Gasteiger partial charge in [-0.25, -0.2) is 0 Å². The van der Waals surface area contributed by atoms with Crippen LogP contribution in [0, 0.1) is 0 Å². The van der Waals surface area contributed by atoms with Crippen LogP contribution in [0.25, 0.3) is 0 Å². The van der Waals surface area contributed by atoms with Gasteiger partial charge in [0.25, 0.3) is 0 Å². The van der Waals surface area contributed by atoms with Crippen molar-refractivity contribution in [1.29, 1.82) is 0 Å². The molecule has 0 aliphatic carbocycles. The number of rotatable bonds is 0. The van der Waals surface area contributed by atoms with Crippen LogP contribution in [0.1, 0.15) is 12.8 Å². The van der Waals surface area contributed by atoms with Crippen LogP contribution in [0.15, 0.2) is 0 Å². The molecule has 0 aromatic rings. The van der Waals surface area contributed by atoms with E-state index in [4.69, 9.17) is 4.74 Å². The minimum Gasteiger partial charge on any atom is -0.381 e. The Kier molecular flexibility index (Phi) is 1.88. The van der Waals surface area contributed by atoms with Gasteiger partial charge in [-0.1, -0.05) is 5.54 Å². The van der Waals surface area contributed by atoms with E-state index >= 15 is 0 Å². The van der Waals surface area contributed by atoms with E-state index in [-0.39, 0.29) is 0 Å². The smallest absolute Gasteiger partial charge is 0.0465 e. The van der Waals surface area contributed by atoms with Gasteiger partial charge in [-0.05, 0) is 12.8 Å².